The Morgan fingerprint density at radius 1 is 1.40 bits per heavy atom. The van der Waals surface area contributed by atoms with Gasteiger partial charge in [-0.1, -0.05) is 0 Å². The highest BCUT2D eigenvalue weighted by Crippen LogP contribution is 2.38. The summed E-state index contributed by atoms with van der Waals surface area (Å²) in [5.41, 5.74) is 1.07. The Morgan fingerprint density at radius 3 is 3.27 bits per heavy atom. The molecular formula is C9H5N3O2S. The van der Waals surface area contributed by atoms with Crippen molar-refractivity contribution in [3.8, 4) is 10.9 Å². The van der Waals surface area contributed by atoms with Crippen LogP contribution < -0.4 is 10.1 Å². The van der Waals surface area contributed by atoms with Crippen LogP contribution in [-0.2, 0) is 0 Å². The highest BCUT2D eigenvalue weighted by molar-refractivity contribution is 7.12. The van der Waals surface area contributed by atoms with Crippen molar-refractivity contribution in [3.05, 3.63) is 29.3 Å². The molecule has 2 aromatic rings. The second-order valence-electron chi connectivity index (χ2n) is 2.93. The van der Waals surface area contributed by atoms with Crippen molar-refractivity contribution >= 4 is 22.9 Å². The molecule has 1 N–H and O–H groups in total. The van der Waals surface area contributed by atoms with E-state index in [0.29, 0.717) is 16.3 Å². The molecule has 1 aliphatic heterocycles. The number of carbonyl (C=O) groups is 1. The number of carbonyl (C=O) groups excluding carboxylic acids is 1. The fraction of sp³-hybridized carbons (Fsp3) is 0. The van der Waals surface area contributed by atoms with Gasteiger partial charge in [-0.25, -0.2) is 0 Å². The van der Waals surface area contributed by atoms with Crippen molar-refractivity contribution in [1.29, 1.82) is 0 Å². The molecule has 0 aliphatic carbocycles. The number of hydrogen-bond donors (Lipinski definition) is 1. The molecule has 74 valence electrons. The average molecular weight is 219 g/mol. The number of hydrogen-bond acceptors (Lipinski definition) is 5. The van der Waals surface area contributed by atoms with E-state index in [1.807, 2.05) is 5.38 Å². The minimum absolute atomic E-state index is 0.225. The summed E-state index contributed by atoms with van der Waals surface area (Å²) in [5.74, 6) is 0.0215. The maximum atomic E-state index is 11.7. The number of aromatic nitrogens is 2. The molecule has 1 amide bonds. The molecule has 5 nitrogen and oxygen atoms in total. The largest absolute Gasteiger partial charge is 0.424 e. The van der Waals surface area contributed by atoms with Crippen molar-refractivity contribution in [2.45, 2.75) is 0 Å². The van der Waals surface area contributed by atoms with Crippen LogP contribution >= 0.6 is 11.3 Å². The molecule has 3 rings (SSSR count). The number of fused-ring (bicyclic) bond motifs is 2. The molecule has 0 radical (unpaired) electrons. The van der Waals surface area contributed by atoms with Gasteiger partial charge in [-0.2, -0.15) is 5.10 Å². The third kappa shape index (κ3) is 1.26. The number of nitrogens with zero attached hydrogens (tertiary/aromatic N) is 2. The lowest BCUT2D eigenvalue weighted by atomic mass is 10.3. The second kappa shape index (κ2) is 3.03. The molecule has 0 fully saturated rings. The molecule has 0 unspecified atom stereocenters. The van der Waals surface area contributed by atoms with Crippen molar-refractivity contribution in [2.24, 2.45) is 0 Å². The number of thiophene rings is 1. The van der Waals surface area contributed by atoms with Crippen molar-refractivity contribution in [2.75, 3.05) is 5.32 Å². The lowest BCUT2D eigenvalue weighted by molar-refractivity contribution is 0.102. The predicted molar refractivity (Wildman–Crippen MR) is 54.4 cm³/mol. The summed E-state index contributed by atoms with van der Waals surface area (Å²) >= 11 is 1.40. The summed E-state index contributed by atoms with van der Waals surface area (Å²) in [4.78, 5) is 11.7. The first-order chi connectivity index (χ1) is 7.34. The third-order valence-electron chi connectivity index (χ3n) is 2.00. The first kappa shape index (κ1) is 8.37. The molecule has 3 heterocycles. The van der Waals surface area contributed by atoms with Crippen LogP contribution in [0.3, 0.4) is 0 Å². The van der Waals surface area contributed by atoms with E-state index in [-0.39, 0.29) is 11.8 Å². The molecule has 0 bridgehead atoms. The molecule has 15 heavy (non-hydrogen) atoms. The maximum absolute atomic E-state index is 11.7. The van der Waals surface area contributed by atoms with E-state index in [1.54, 1.807) is 12.1 Å². The number of ether oxygens (including phenoxy) is 1. The summed E-state index contributed by atoms with van der Waals surface area (Å²) < 4.78 is 5.47. The Labute approximate surface area is 88.7 Å². The Balaban J connectivity index is 2.19. The Bertz CT molecular complexity index is 538. The molecule has 1 aliphatic rings. The predicted octanol–water partition coefficient (Wildman–Crippen LogP) is 1.90. The smallest absolute Gasteiger partial charge is 0.261 e. The van der Waals surface area contributed by atoms with Gasteiger partial charge in [0.25, 0.3) is 11.8 Å². The zero-order valence-corrected chi connectivity index (χ0v) is 8.25. The third-order valence-corrected chi connectivity index (χ3v) is 2.79. The summed E-state index contributed by atoms with van der Waals surface area (Å²) in [6.45, 7) is 0. The van der Waals surface area contributed by atoms with Crippen LogP contribution in [0.1, 0.15) is 10.4 Å². The van der Waals surface area contributed by atoms with Gasteiger partial charge in [0.15, 0.2) is 0 Å². The van der Waals surface area contributed by atoms with Gasteiger partial charge < -0.3 is 10.1 Å². The molecule has 0 spiro atoms. The highest BCUT2D eigenvalue weighted by atomic mass is 32.1. The summed E-state index contributed by atoms with van der Waals surface area (Å²) in [6.07, 6.45) is 1.46. The maximum Gasteiger partial charge on any atom is 0.261 e. The zero-order chi connectivity index (χ0) is 10.3. The van der Waals surface area contributed by atoms with E-state index < -0.39 is 0 Å². The topological polar surface area (TPSA) is 64.1 Å². The Morgan fingerprint density at radius 2 is 2.33 bits per heavy atom. The van der Waals surface area contributed by atoms with Crippen LogP contribution in [0.4, 0.5) is 5.69 Å². The molecule has 0 atom stereocenters. The van der Waals surface area contributed by atoms with Gasteiger partial charge in [-0.15, -0.1) is 16.4 Å². The second-order valence-corrected chi connectivity index (χ2v) is 3.81. The first-order valence-electron chi connectivity index (χ1n) is 4.23. The monoisotopic (exact) mass is 219 g/mol. The average Bonchev–Trinajstić information content (AvgIpc) is 2.61. The van der Waals surface area contributed by atoms with Gasteiger partial charge in [0.05, 0.1) is 11.9 Å². The van der Waals surface area contributed by atoms with E-state index in [1.165, 1.54) is 17.5 Å². The molecule has 0 aromatic carbocycles. The van der Waals surface area contributed by atoms with Crippen LogP contribution in [0.2, 0.25) is 0 Å². The van der Waals surface area contributed by atoms with Gasteiger partial charge in [0.2, 0.25) is 5.06 Å². The van der Waals surface area contributed by atoms with Crippen LogP contribution in [0, 0.1) is 0 Å². The van der Waals surface area contributed by atoms with Crippen molar-refractivity contribution in [1.82, 2.24) is 10.2 Å². The summed E-state index contributed by atoms with van der Waals surface area (Å²) in [6, 6.07) is 3.37. The standard InChI is InChI=1S/C9H5N3O2S/c13-7-5-1-3-10-12-8(5)14-9-6(11-7)2-4-15-9/h1-4H,(H,11,13). The summed E-state index contributed by atoms with van der Waals surface area (Å²) in [7, 11) is 0. The number of amides is 1. The van der Waals surface area contributed by atoms with Gasteiger partial charge in [-0.3, -0.25) is 4.79 Å². The van der Waals surface area contributed by atoms with Gasteiger partial charge in [0.1, 0.15) is 5.56 Å². The SMILES string of the molecule is O=C1Nc2ccsc2Oc2nnccc21. The molecule has 0 saturated heterocycles. The molecule has 2 aromatic heterocycles. The molecular weight excluding hydrogens is 214 g/mol. The Hall–Kier alpha value is -1.95. The van der Waals surface area contributed by atoms with E-state index in [4.69, 9.17) is 4.74 Å². The lowest BCUT2D eigenvalue weighted by Gasteiger charge is -2.00. The van der Waals surface area contributed by atoms with E-state index in [9.17, 15) is 4.79 Å². The number of rotatable bonds is 0. The van der Waals surface area contributed by atoms with Crippen LogP contribution in [0.15, 0.2) is 23.7 Å². The fourth-order valence-corrected chi connectivity index (χ4v) is 2.01. The fourth-order valence-electron chi connectivity index (χ4n) is 1.31. The normalized spacial score (nSPS) is 13.2. The quantitative estimate of drug-likeness (QED) is 0.734. The van der Waals surface area contributed by atoms with Crippen molar-refractivity contribution in [3.63, 3.8) is 0 Å². The zero-order valence-electron chi connectivity index (χ0n) is 7.43. The molecule has 0 saturated carbocycles. The highest BCUT2D eigenvalue weighted by Gasteiger charge is 2.22. The number of nitrogens with one attached hydrogen (secondary N) is 1. The number of anilines is 1. The van der Waals surface area contributed by atoms with Crippen LogP contribution in [-0.4, -0.2) is 16.1 Å². The Kier molecular flexibility index (Phi) is 1.69. The minimum atomic E-state index is -0.225. The van der Waals surface area contributed by atoms with Crippen LogP contribution in [0.25, 0.3) is 0 Å². The van der Waals surface area contributed by atoms with E-state index in [2.05, 4.69) is 15.5 Å². The van der Waals surface area contributed by atoms with Gasteiger partial charge in [0, 0.05) is 0 Å². The first-order valence-corrected chi connectivity index (χ1v) is 5.11. The van der Waals surface area contributed by atoms with Crippen molar-refractivity contribution < 1.29 is 9.53 Å². The summed E-state index contributed by atoms with van der Waals surface area (Å²) in [5, 5.41) is 12.7. The van der Waals surface area contributed by atoms with E-state index in [0.717, 1.165) is 0 Å². The van der Waals surface area contributed by atoms with Gasteiger partial charge >= 0.3 is 0 Å². The van der Waals surface area contributed by atoms with Gasteiger partial charge in [-0.05, 0) is 17.5 Å². The van der Waals surface area contributed by atoms with E-state index >= 15 is 0 Å². The van der Waals surface area contributed by atoms with Crippen LogP contribution in [0.5, 0.6) is 10.9 Å². The molecule has 6 heteroatoms. The lowest BCUT2D eigenvalue weighted by Crippen LogP contribution is -2.10. The minimum Gasteiger partial charge on any atom is -0.424 e.